The third-order valence-electron chi connectivity index (χ3n) is 9.18. The first-order valence-corrected chi connectivity index (χ1v) is 15.3. The lowest BCUT2D eigenvalue weighted by atomic mass is 9.95. The molecule has 3 heterocycles. The van der Waals surface area contributed by atoms with Gasteiger partial charge in [-0.05, 0) is 82.2 Å². The molecule has 0 aliphatic rings. The number of rotatable bonds is 3. The summed E-state index contributed by atoms with van der Waals surface area (Å²) in [7, 11) is 0. The highest BCUT2D eigenvalue weighted by Gasteiger charge is 2.20. The second kappa shape index (κ2) is 9.22. The van der Waals surface area contributed by atoms with E-state index in [9.17, 15) is 0 Å². The normalized spacial score (nSPS) is 12.0. The largest absolute Gasteiger partial charge is 0.455 e. The average Bonchev–Trinajstić information content (AvgIpc) is 3.77. The highest BCUT2D eigenvalue weighted by Crippen LogP contribution is 2.42. The van der Waals surface area contributed by atoms with E-state index in [4.69, 9.17) is 8.83 Å². The standard InChI is InChI=1S/C42H25NO2/c1-2-13-30(14-3-1)43-36-18-7-6-16-33(36)42-40(43)35-25-28(21-23-37(35)44-42)27-11-8-12-29(24-27)31-17-9-19-38-39(31)34-22-20-26-10-4-5-15-32(26)41(34)45-38/h1-25H. The lowest BCUT2D eigenvalue weighted by molar-refractivity contribution is 0.672. The van der Waals surface area contributed by atoms with Crippen molar-refractivity contribution in [3.05, 3.63) is 152 Å². The molecule has 0 aliphatic carbocycles. The highest BCUT2D eigenvalue weighted by atomic mass is 16.3. The number of hydrogen-bond acceptors (Lipinski definition) is 2. The summed E-state index contributed by atoms with van der Waals surface area (Å²) in [5, 5.41) is 6.82. The van der Waals surface area contributed by atoms with E-state index < -0.39 is 0 Å². The molecule has 0 saturated carbocycles. The van der Waals surface area contributed by atoms with Crippen LogP contribution in [0.1, 0.15) is 0 Å². The number of furan rings is 2. The minimum absolute atomic E-state index is 0.886. The maximum Gasteiger partial charge on any atom is 0.161 e. The van der Waals surface area contributed by atoms with Crippen LogP contribution in [-0.4, -0.2) is 4.57 Å². The smallest absolute Gasteiger partial charge is 0.161 e. The lowest BCUT2D eigenvalue weighted by Crippen LogP contribution is -1.92. The Bertz CT molecular complexity index is 2760. The molecule has 7 aromatic carbocycles. The molecule has 10 rings (SSSR count). The fourth-order valence-electron chi connectivity index (χ4n) is 7.16. The Balaban J connectivity index is 1.18. The maximum absolute atomic E-state index is 6.53. The van der Waals surface area contributed by atoms with Crippen molar-refractivity contribution in [1.82, 2.24) is 4.57 Å². The summed E-state index contributed by atoms with van der Waals surface area (Å²) in [6.07, 6.45) is 0. The van der Waals surface area contributed by atoms with Gasteiger partial charge in [0.1, 0.15) is 22.3 Å². The summed E-state index contributed by atoms with van der Waals surface area (Å²) in [5.41, 5.74) is 11.6. The van der Waals surface area contributed by atoms with E-state index in [2.05, 4.69) is 156 Å². The minimum atomic E-state index is 0.886. The molecule has 0 fully saturated rings. The van der Waals surface area contributed by atoms with Gasteiger partial charge in [0.25, 0.3) is 0 Å². The molecule has 3 heteroatoms. The molecule has 0 unspecified atom stereocenters. The molecule has 0 radical (unpaired) electrons. The van der Waals surface area contributed by atoms with E-state index in [1.165, 1.54) is 10.9 Å². The molecule has 3 nitrogen and oxygen atoms in total. The number of aromatic nitrogens is 1. The Morgan fingerprint density at radius 1 is 0.422 bits per heavy atom. The summed E-state index contributed by atoms with van der Waals surface area (Å²) in [4.78, 5) is 0. The summed E-state index contributed by atoms with van der Waals surface area (Å²) in [6, 6.07) is 53.6. The number of para-hydroxylation sites is 2. The molecule has 0 aliphatic heterocycles. The Kier molecular flexibility index (Phi) is 5.00. The van der Waals surface area contributed by atoms with E-state index in [1.807, 2.05) is 0 Å². The van der Waals surface area contributed by atoms with Gasteiger partial charge in [-0.25, -0.2) is 0 Å². The second-order valence-electron chi connectivity index (χ2n) is 11.7. The minimum Gasteiger partial charge on any atom is -0.455 e. The first kappa shape index (κ1) is 24.4. The van der Waals surface area contributed by atoms with Gasteiger partial charge in [0.15, 0.2) is 5.58 Å². The lowest BCUT2D eigenvalue weighted by Gasteiger charge is -2.09. The fourth-order valence-corrected chi connectivity index (χ4v) is 7.16. The van der Waals surface area contributed by atoms with Crippen molar-refractivity contribution >= 4 is 65.7 Å². The van der Waals surface area contributed by atoms with Crippen LogP contribution in [0.25, 0.3) is 93.6 Å². The van der Waals surface area contributed by atoms with Gasteiger partial charge >= 0.3 is 0 Å². The molecule has 0 bridgehead atoms. The first-order valence-electron chi connectivity index (χ1n) is 15.3. The van der Waals surface area contributed by atoms with E-state index in [0.717, 1.165) is 82.7 Å². The zero-order chi connectivity index (χ0) is 29.5. The van der Waals surface area contributed by atoms with Gasteiger partial charge in [0, 0.05) is 32.6 Å². The van der Waals surface area contributed by atoms with Crippen molar-refractivity contribution in [3.63, 3.8) is 0 Å². The molecular formula is C42H25NO2. The van der Waals surface area contributed by atoms with Crippen molar-refractivity contribution in [2.45, 2.75) is 0 Å². The number of nitrogens with zero attached hydrogens (tertiary/aromatic N) is 1. The van der Waals surface area contributed by atoms with Gasteiger partial charge in [0.05, 0.1) is 5.52 Å². The van der Waals surface area contributed by atoms with Gasteiger partial charge in [-0.3, -0.25) is 0 Å². The molecular weight excluding hydrogens is 550 g/mol. The number of fused-ring (bicyclic) bond motifs is 10. The van der Waals surface area contributed by atoms with Crippen LogP contribution in [-0.2, 0) is 0 Å². The van der Waals surface area contributed by atoms with E-state index in [-0.39, 0.29) is 0 Å². The van der Waals surface area contributed by atoms with Crippen LogP contribution in [0.3, 0.4) is 0 Å². The average molecular weight is 576 g/mol. The monoisotopic (exact) mass is 575 g/mol. The molecule has 0 amide bonds. The van der Waals surface area contributed by atoms with Crippen LogP contribution in [0.5, 0.6) is 0 Å². The number of hydrogen-bond donors (Lipinski definition) is 0. The van der Waals surface area contributed by atoms with Gasteiger partial charge in [-0.15, -0.1) is 0 Å². The van der Waals surface area contributed by atoms with Crippen LogP contribution in [0.2, 0.25) is 0 Å². The molecule has 0 spiro atoms. The molecule has 45 heavy (non-hydrogen) atoms. The van der Waals surface area contributed by atoms with Gasteiger partial charge in [-0.1, -0.05) is 97.1 Å². The topological polar surface area (TPSA) is 31.2 Å². The molecule has 10 aromatic rings. The molecule has 0 atom stereocenters. The van der Waals surface area contributed by atoms with Crippen LogP contribution >= 0.6 is 0 Å². The Hall–Kier alpha value is -6.06. The zero-order valence-electron chi connectivity index (χ0n) is 24.2. The zero-order valence-corrected chi connectivity index (χ0v) is 24.2. The van der Waals surface area contributed by atoms with E-state index >= 15 is 0 Å². The van der Waals surface area contributed by atoms with Crippen LogP contribution in [0.15, 0.2) is 160 Å². The molecule has 0 saturated heterocycles. The van der Waals surface area contributed by atoms with E-state index in [0.29, 0.717) is 0 Å². The quantitative estimate of drug-likeness (QED) is 0.210. The Labute approximate surface area is 258 Å². The van der Waals surface area contributed by atoms with Gasteiger partial charge in [-0.2, -0.15) is 0 Å². The highest BCUT2D eigenvalue weighted by molar-refractivity contribution is 6.19. The predicted octanol–water partition coefficient (Wildman–Crippen LogP) is 11.9. The van der Waals surface area contributed by atoms with Crippen molar-refractivity contribution in [2.24, 2.45) is 0 Å². The SMILES string of the molecule is c1ccc(-n2c3ccccc3c3oc4ccc(-c5cccc(-c6cccc7oc8c9ccccc9ccc8c67)c5)cc4c32)cc1. The van der Waals surface area contributed by atoms with Gasteiger partial charge in [0.2, 0.25) is 0 Å². The van der Waals surface area contributed by atoms with Crippen LogP contribution in [0.4, 0.5) is 0 Å². The molecule has 3 aromatic heterocycles. The summed E-state index contributed by atoms with van der Waals surface area (Å²) in [5.74, 6) is 0. The number of benzene rings is 7. The van der Waals surface area contributed by atoms with Crippen molar-refractivity contribution in [2.75, 3.05) is 0 Å². The van der Waals surface area contributed by atoms with Gasteiger partial charge < -0.3 is 13.4 Å². The maximum atomic E-state index is 6.53. The Morgan fingerprint density at radius 3 is 2.11 bits per heavy atom. The molecule has 0 N–H and O–H groups in total. The summed E-state index contributed by atoms with van der Waals surface area (Å²) in [6.45, 7) is 0. The van der Waals surface area contributed by atoms with Crippen LogP contribution in [0, 0.1) is 0 Å². The Morgan fingerprint density at radius 2 is 1.18 bits per heavy atom. The van der Waals surface area contributed by atoms with Crippen LogP contribution < -0.4 is 0 Å². The van der Waals surface area contributed by atoms with Crippen molar-refractivity contribution in [1.29, 1.82) is 0 Å². The third kappa shape index (κ3) is 3.52. The second-order valence-corrected chi connectivity index (χ2v) is 11.7. The molecule has 210 valence electrons. The first-order chi connectivity index (χ1) is 22.3. The van der Waals surface area contributed by atoms with E-state index in [1.54, 1.807) is 0 Å². The van der Waals surface area contributed by atoms with Crippen molar-refractivity contribution < 1.29 is 8.83 Å². The third-order valence-corrected chi connectivity index (χ3v) is 9.18. The summed E-state index contributed by atoms with van der Waals surface area (Å²) < 4.78 is 15.3. The predicted molar refractivity (Wildman–Crippen MR) is 186 cm³/mol. The summed E-state index contributed by atoms with van der Waals surface area (Å²) >= 11 is 0. The van der Waals surface area contributed by atoms with Crippen molar-refractivity contribution in [3.8, 4) is 27.9 Å². The fraction of sp³-hybridized carbons (Fsp3) is 0.